The summed E-state index contributed by atoms with van der Waals surface area (Å²) in [5, 5.41) is 0. The smallest absolute Gasteiger partial charge is 0.224 e. The number of fused-ring (bicyclic) bond motifs is 3. The highest BCUT2D eigenvalue weighted by molar-refractivity contribution is 5.19. The van der Waals surface area contributed by atoms with E-state index in [0.29, 0.717) is 18.1 Å². The number of hydrogen-bond donors (Lipinski definition) is 0. The van der Waals surface area contributed by atoms with Crippen molar-refractivity contribution >= 4 is 0 Å². The van der Waals surface area contributed by atoms with E-state index >= 15 is 0 Å². The van der Waals surface area contributed by atoms with Crippen LogP contribution in [-0.4, -0.2) is 12.2 Å². The van der Waals surface area contributed by atoms with Gasteiger partial charge in [0.15, 0.2) is 0 Å². The largest absolute Gasteiger partial charge is 0.342 e. The maximum Gasteiger partial charge on any atom is 0.224 e. The quantitative estimate of drug-likeness (QED) is 0.713. The Kier molecular flexibility index (Phi) is 4.73. The van der Waals surface area contributed by atoms with Gasteiger partial charge in [-0.15, -0.1) is 0 Å². The molecule has 2 nitrogen and oxygen atoms in total. The molecule has 0 N–H and O–H groups in total. The van der Waals surface area contributed by atoms with Gasteiger partial charge < -0.3 is 9.47 Å². The molecule has 3 aliphatic carbocycles. The van der Waals surface area contributed by atoms with Gasteiger partial charge in [0.2, 0.25) is 6.29 Å². The maximum absolute atomic E-state index is 6.28. The van der Waals surface area contributed by atoms with E-state index in [1.165, 1.54) is 31.2 Å². The monoisotopic (exact) mass is 312 g/mol. The average Bonchev–Trinajstić information content (AvgIpc) is 2.85. The summed E-state index contributed by atoms with van der Waals surface area (Å²) in [5.74, 6) is 2.05. The lowest BCUT2D eigenvalue weighted by Crippen LogP contribution is -2.42. The van der Waals surface area contributed by atoms with E-state index in [9.17, 15) is 0 Å². The fourth-order valence-corrected chi connectivity index (χ4v) is 4.83. The number of hydrogen-bond acceptors (Lipinski definition) is 2. The van der Waals surface area contributed by atoms with Crippen LogP contribution in [0.15, 0.2) is 30.3 Å². The van der Waals surface area contributed by atoms with Crippen molar-refractivity contribution in [3.8, 4) is 0 Å². The van der Waals surface area contributed by atoms with E-state index in [1.807, 2.05) is 0 Å². The second kappa shape index (κ2) is 6.94. The third-order valence-electron chi connectivity index (χ3n) is 6.12. The Morgan fingerprint density at radius 2 is 1.61 bits per heavy atom. The van der Waals surface area contributed by atoms with Gasteiger partial charge in [-0.2, -0.15) is 0 Å². The van der Waals surface area contributed by atoms with Gasteiger partial charge in [-0.25, -0.2) is 0 Å². The molecule has 0 spiro atoms. The Morgan fingerprint density at radius 1 is 0.957 bits per heavy atom. The van der Waals surface area contributed by atoms with Crippen molar-refractivity contribution in [1.82, 2.24) is 0 Å². The Hall–Kier alpha value is -0.860. The minimum Gasteiger partial charge on any atom is -0.342 e. The molecule has 1 aromatic carbocycles. The molecule has 5 aliphatic rings. The Labute approximate surface area is 140 Å². The molecule has 5 unspecified atom stereocenters. The van der Waals surface area contributed by atoms with Crippen LogP contribution in [0, 0.1) is 25.0 Å². The van der Waals surface area contributed by atoms with E-state index in [0.717, 1.165) is 43.8 Å². The average molecular weight is 312 g/mol. The minimum absolute atomic E-state index is 0.436. The molecular formula is C21H28O2. The molecule has 5 fully saturated rings. The van der Waals surface area contributed by atoms with Crippen molar-refractivity contribution in [3.05, 3.63) is 49.1 Å². The third-order valence-corrected chi connectivity index (χ3v) is 6.12. The zero-order valence-electron chi connectivity index (χ0n) is 14.0. The van der Waals surface area contributed by atoms with Gasteiger partial charge in [0.05, 0.1) is 12.2 Å². The summed E-state index contributed by atoms with van der Waals surface area (Å²) in [5.41, 5.74) is 1.42. The minimum atomic E-state index is 0.436. The predicted octanol–water partition coefficient (Wildman–Crippen LogP) is 5.26. The van der Waals surface area contributed by atoms with E-state index in [4.69, 9.17) is 9.47 Å². The van der Waals surface area contributed by atoms with Crippen LogP contribution in [-0.2, 0) is 9.47 Å². The summed E-state index contributed by atoms with van der Waals surface area (Å²) in [6.07, 6.45) is 11.1. The summed E-state index contributed by atoms with van der Waals surface area (Å²) in [4.78, 5) is 0. The highest BCUT2D eigenvalue weighted by Crippen LogP contribution is 2.49. The van der Waals surface area contributed by atoms with Gasteiger partial charge in [0.1, 0.15) is 0 Å². The summed E-state index contributed by atoms with van der Waals surface area (Å²) in [6, 6.07) is 10.8. The normalized spacial score (nSPS) is 34.5. The van der Waals surface area contributed by atoms with Crippen LogP contribution in [0.3, 0.4) is 0 Å². The molecule has 6 rings (SSSR count). The highest BCUT2D eigenvalue weighted by Gasteiger charge is 2.47. The molecule has 3 saturated carbocycles. The summed E-state index contributed by atoms with van der Waals surface area (Å²) < 4.78 is 12.6. The molecule has 2 heteroatoms. The second-order valence-electron chi connectivity index (χ2n) is 7.54. The SMILES string of the molecule is [CH2]CCC(CC[C]1OC2CC3CCC2CC3O1)c1ccccc1. The maximum atomic E-state index is 6.28. The van der Waals surface area contributed by atoms with Crippen LogP contribution in [0.5, 0.6) is 0 Å². The zero-order valence-corrected chi connectivity index (χ0v) is 14.0. The van der Waals surface area contributed by atoms with Crippen LogP contribution >= 0.6 is 0 Å². The Bertz CT molecular complexity index is 480. The fraction of sp³-hybridized carbons (Fsp3) is 0.619. The Morgan fingerprint density at radius 3 is 2.17 bits per heavy atom. The first kappa shape index (κ1) is 15.7. The molecule has 124 valence electrons. The molecule has 2 heterocycles. The fourth-order valence-electron chi connectivity index (χ4n) is 4.83. The van der Waals surface area contributed by atoms with Gasteiger partial charge >= 0.3 is 0 Å². The van der Waals surface area contributed by atoms with Crippen LogP contribution in [0.25, 0.3) is 0 Å². The van der Waals surface area contributed by atoms with Gasteiger partial charge in [0.25, 0.3) is 0 Å². The molecule has 1 aromatic rings. The van der Waals surface area contributed by atoms with Gasteiger partial charge in [0, 0.05) is 6.42 Å². The van der Waals surface area contributed by atoms with Crippen LogP contribution in [0.2, 0.25) is 0 Å². The molecule has 2 aliphatic heterocycles. The van der Waals surface area contributed by atoms with Crippen LogP contribution < -0.4 is 0 Å². The zero-order chi connectivity index (χ0) is 15.6. The molecule has 0 aromatic heterocycles. The van der Waals surface area contributed by atoms with Crippen molar-refractivity contribution in [1.29, 1.82) is 0 Å². The first-order chi connectivity index (χ1) is 11.3. The van der Waals surface area contributed by atoms with Gasteiger partial charge in [-0.05, 0) is 61.8 Å². The number of benzene rings is 1. The summed E-state index contributed by atoms with van der Waals surface area (Å²) in [6.45, 7) is 4.05. The lowest BCUT2D eigenvalue weighted by Gasteiger charge is -2.42. The van der Waals surface area contributed by atoms with Crippen LogP contribution in [0.1, 0.15) is 62.8 Å². The first-order valence-corrected chi connectivity index (χ1v) is 9.37. The van der Waals surface area contributed by atoms with Crippen molar-refractivity contribution in [2.75, 3.05) is 0 Å². The number of rotatable bonds is 6. The highest BCUT2D eigenvalue weighted by atomic mass is 16.7. The number of ether oxygens (including phenoxy) is 2. The summed E-state index contributed by atoms with van der Waals surface area (Å²) in [7, 11) is 0. The van der Waals surface area contributed by atoms with E-state index in [-0.39, 0.29) is 0 Å². The van der Waals surface area contributed by atoms with E-state index in [1.54, 1.807) is 0 Å². The molecule has 2 radical (unpaired) electrons. The van der Waals surface area contributed by atoms with E-state index < -0.39 is 0 Å². The predicted molar refractivity (Wildman–Crippen MR) is 91.4 cm³/mol. The second-order valence-corrected chi connectivity index (χ2v) is 7.54. The molecule has 2 saturated heterocycles. The lowest BCUT2D eigenvalue weighted by molar-refractivity contribution is -0.0713. The topological polar surface area (TPSA) is 18.5 Å². The summed E-state index contributed by atoms with van der Waals surface area (Å²) >= 11 is 0. The van der Waals surface area contributed by atoms with Crippen molar-refractivity contribution in [2.45, 2.75) is 69.5 Å². The van der Waals surface area contributed by atoms with E-state index in [2.05, 4.69) is 37.3 Å². The first-order valence-electron chi connectivity index (χ1n) is 9.37. The molecule has 4 bridgehead atoms. The van der Waals surface area contributed by atoms with Crippen LogP contribution in [0.4, 0.5) is 0 Å². The standard InChI is InChI=1S/C21H28O2/c1-2-6-15(16-7-4-3-5-8-16)11-12-21-22-19-14-18-10-9-17(19)13-20(18)23-21/h3-5,7-8,15,17-20H,1-2,6,9-14H2. The van der Waals surface area contributed by atoms with Crippen molar-refractivity contribution in [3.63, 3.8) is 0 Å². The van der Waals surface area contributed by atoms with Gasteiger partial charge in [-0.1, -0.05) is 43.7 Å². The van der Waals surface area contributed by atoms with Crippen molar-refractivity contribution in [2.24, 2.45) is 11.8 Å². The molecular weight excluding hydrogens is 284 g/mol. The third kappa shape index (κ3) is 3.34. The Balaban J connectivity index is 1.38. The van der Waals surface area contributed by atoms with Gasteiger partial charge in [-0.3, -0.25) is 0 Å². The molecule has 5 atom stereocenters. The molecule has 23 heavy (non-hydrogen) atoms. The lowest BCUT2D eigenvalue weighted by atomic mass is 9.67. The molecule has 0 amide bonds. The van der Waals surface area contributed by atoms with Crippen molar-refractivity contribution < 1.29 is 9.47 Å².